The summed E-state index contributed by atoms with van der Waals surface area (Å²) in [5.41, 5.74) is 0.959. The normalized spacial score (nSPS) is 22.5. The van der Waals surface area contributed by atoms with Crippen LogP contribution in [0.3, 0.4) is 0 Å². The van der Waals surface area contributed by atoms with Gasteiger partial charge in [0.05, 0.1) is 12.2 Å². The maximum Gasteiger partial charge on any atom is 0.142 e. The molecule has 8 heteroatoms. The molecule has 1 aliphatic heterocycles. The predicted octanol–water partition coefficient (Wildman–Crippen LogP) is 1.37. The zero-order valence-electron chi connectivity index (χ0n) is 12.5. The van der Waals surface area contributed by atoms with Gasteiger partial charge in [-0.3, -0.25) is 9.80 Å². The number of alkyl halides is 1. The van der Waals surface area contributed by atoms with E-state index < -0.39 is 6.17 Å². The molecule has 1 fully saturated rings. The van der Waals surface area contributed by atoms with Crippen molar-refractivity contribution in [1.82, 2.24) is 29.4 Å². The maximum atomic E-state index is 13.8. The molecule has 0 saturated carbocycles. The van der Waals surface area contributed by atoms with Gasteiger partial charge in [0.2, 0.25) is 0 Å². The Morgan fingerprint density at radius 3 is 2.95 bits per heavy atom. The molecule has 0 N–H and O–H groups in total. The summed E-state index contributed by atoms with van der Waals surface area (Å²) in [4.78, 5) is 12.8. The highest BCUT2D eigenvalue weighted by atomic mass is 32.1. The highest BCUT2D eigenvalue weighted by molar-refractivity contribution is 7.03. The van der Waals surface area contributed by atoms with Crippen LogP contribution in [0.25, 0.3) is 0 Å². The fourth-order valence-corrected chi connectivity index (χ4v) is 3.30. The largest absolute Gasteiger partial charge is 0.299 e. The van der Waals surface area contributed by atoms with Crippen LogP contribution >= 0.6 is 11.5 Å². The molecular weight excluding hydrogens is 303 g/mol. The zero-order valence-corrected chi connectivity index (χ0v) is 13.3. The van der Waals surface area contributed by atoms with Crippen molar-refractivity contribution in [3.63, 3.8) is 0 Å². The van der Waals surface area contributed by atoms with Crippen LogP contribution in [0.4, 0.5) is 4.39 Å². The summed E-state index contributed by atoms with van der Waals surface area (Å²) >= 11 is 1.35. The summed E-state index contributed by atoms with van der Waals surface area (Å²) < 4.78 is 17.7. The molecule has 0 unspecified atom stereocenters. The van der Waals surface area contributed by atoms with Crippen molar-refractivity contribution in [1.29, 1.82) is 0 Å². The summed E-state index contributed by atoms with van der Waals surface area (Å²) in [7, 11) is 2.03. The topological polar surface area (TPSA) is 58.0 Å². The lowest BCUT2D eigenvalue weighted by molar-refractivity contribution is 0.176. The van der Waals surface area contributed by atoms with Gasteiger partial charge in [-0.25, -0.2) is 14.4 Å². The molecule has 0 aromatic carbocycles. The molecule has 22 heavy (non-hydrogen) atoms. The molecule has 0 bridgehead atoms. The molecule has 2 atom stereocenters. The highest BCUT2D eigenvalue weighted by Gasteiger charge is 2.33. The van der Waals surface area contributed by atoms with Gasteiger partial charge in [-0.15, -0.1) is 5.10 Å². The van der Waals surface area contributed by atoms with Crippen molar-refractivity contribution in [2.24, 2.45) is 0 Å². The molecule has 0 spiro atoms. The smallest absolute Gasteiger partial charge is 0.142 e. The van der Waals surface area contributed by atoms with Crippen molar-refractivity contribution in [2.45, 2.75) is 31.7 Å². The Bertz CT molecular complexity index is 566. The maximum absolute atomic E-state index is 13.8. The number of nitrogens with zero attached hydrogens (tertiary/aromatic N) is 6. The molecule has 3 heterocycles. The van der Waals surface area contributed by atoms with Crippen LogP contribution in [0, 0.1) is 0 Å². The Kier molecular flexibility index (Phi) is 5.01. The second-order valence-electron chi connectivity index (χ2n) is 5.67. The van der Waals surface area contributed by atoms with Gasteiger partial charge >= 0.3 is 0 Å². The Hall–Kier alpha value is -1.51. The molecule has 2 aromatic rings. The molecule has 0 aliphatic carbocycles. The quantitative estimate of drug-likeness (QED) is 0.801. The Morgan fingerprint density at radius 2 is 2.23 bits per heavy atom. The number of hydrogen-bond donors (Lipinski definition) is 0. The molecule has 0 amide bonds. The van der Waals surface area contributed by atoms with E-state index in [1.165, 1.54) is 11.5 Å². The second-order valence-corrected chi connectivity index (χ2v) is 6.28. The Balaban J connectivity index is 1.58. The van der Waals surface area contributed by atoms with E-state index in [1.807, 2.05) is 12.4 Å². The lowest BCUT2D eigenvalue weighted by atomic mass is 10.2. The SMILES string of the molecule is CN(Cc1csnn1)C[C@@H]1C[C@H](F)CN1Cc1ncccn1. The molecular formula is C14H19FN6S. The van der Waals surface area contributed by atoms with Crippen LogP contribution < -0.4 is 0 Å². The first-order chi connectivity index (χ1) is 10.7. The molecule has 3 rings (SSSR count). The number of rotatable bonds is 6. The van der Waals surface area contributed by atoms with Gasteiger partial charge in [-0.1, -0.05) is 4.49 Å². The van der Waals surface area contributed by atoms with E-state index in [0.29, 0.717) is 19.5 Å². The van der Waals surface area contributed by atoms with Gasteiger partial charge in [-0.05, 0) is 31.1 Å². The lowest BCUT2D eigenvalue weighted by Gasteiger charge is -2.27. The summed E-state index contributed by atoms with van der Waals surface area (Å²) in [5.74, 6) is 0.743. The van der Waals surface area contributed by atoms with Gasteiger partial charge < -0.3 is 0 Å². The zero-order chi connectivity index (χ0) is 15.4. The minimum Gasteiger partial charge on any atom is -0.299 e. The first-order valence-corrected chi connectivity index (χ1v) is 8.13. The van der Waals surface area contributed by atoms with E-state index in [-0.39, 0.29) is 6.04 Å². The van der Waals surface area contributed by atoms with Crippen LogP contribution in [0.15, 0.2) is 23.8 Å². The van der Waals surface area contributed by atoms with Gasteiger partial charge in [0.25, 0.3) is 0 Å². The third-order valence-corrected chi connectivity index (χ3v) is 4.35. The van der Waals surface area contributed by atoms with Crippen LogP contribution in [0.5, 0.6) is 0 Å². The predicted molar refractivity (Wildman–Crippen MR) is 82.0 cm³/mol. The summed E-state index contributed by atoms with van der Waals surface area (Å²) in [6.07, 6.45) is 3.23. The fourth-order valence-electron chi connectivity index (χ4n) is 2.85. The standard InChI is InChI=1S/C14H19FN6S/c1-20(7-12-10-22-19-18-12)8-13-5-11(15)6-21(13)9-14-16-3-2-4-17-14/h2-4,10-11,13H,5-9H2,1H3/t11-,13-/m0/s1. The Labute approximate surface area is 133 Å². The molecule has 0 radical (unpaired) electrons. The van der Waals surface area contributed by atoms with Crippen LogP contribution in [0.1, 0.15) is 17.9 Å². The van der Waals surface area contributed by atoms with Crippen molar-refractivity contribution < 1.29 is 4.39 Å². The molecule has 1 aliphatic rings. The average Bonchev–Trinajstić information content (AvgIpc) is 3.10. The number of likely N-dealkylation sites (N-methyl/N-ethyl adjacent to an activating group) is 1. The van der Waals surface area contributed by atoms with Gasteiger partial charge in [0.15, 0.2) is 0 Å². The minimum absolute atomic E-state index is 0.176. The third-order valence-electron chi connectivity index (χ3n) is 3.80. The van der Waals surface area contributed by atoms with Crippen molar-refractivity contribution in [2.75, 3.05) is 20.1 Å². The Morgan fingerprint density at radius 1 is 1.41 bits per heavy atom. The number of aromatic nitrogens is 4. The second kappa shape index (κ2) is 7.17. The van der Waals surface area contributed by atoms with E-state index in [2.05, 4.69) is 29.4 Å². The summed E-state index contributed by atoms with van der Waals surface area (Å²) in [6, 6.07) is 1.97. The number of halogens is 1. The monoisotopic (exact) mass is 322 g/mol. The molecule has 118 valence electrons. The molecule has 6 nitrogen and oxygen atoms in total. The van der Waals surface area contributed by atoms with Crippen molar-refractivity contribution >= 4 is 11.5 Å². The summed E-state index contributed by atoms with van der Waals surface area (Å²) in [5, 5.41) is 5.99. The van der Waals surface area contributed by atoms with Gasteiger partial charge in [-0.2, -0.15) is 0 Å². The highest BCUT2D eigenvalue weighted by Crippen LogP contribution is 2.22. The van der Waals surface area contributed by atoms with Crippen molar-refractivity contribution in [3.05, 3.63) is 35.4 Å². The first kappa shape index (κ1) is 15.4. The van der Waals surface area contributed by atoms with E-state index in [1.54, 1.807) is 18.5 Å². The van der Waals surface area contributed by atoms with Crippen LogP contribution in [-0.4, -0.2) is 61.7 Å². The van der Waals surface area contributed by atoms with Crippen molar-refractivity contribution in [3.8, 4) is 0 Å². The first-order valence-electron chi connectivity index (χ1n) is 7.29. The van der Waals surface area contributed by atoms with E-state index in [4.69, 9.17) is 0 Å². The fraction of sp³-hybridized carbons (Fsp3) is 0.571. The number of hydrogen-bond acceptors (Lipinski definition) is 7. The lowest BCUT2D eigenvalue weighted by Crippen LogP contribution is -2.38. The van der Waals surface area contributed by atoms with Crippen LogP contribution in [0.2, 0.25) is 0 Å². The summed E-state index contributed by atoms with van der Waals surface area (Å²) in [6.45, 7) is 2.58. The minimum atomic E-state index is -0.775. The van der Waals surface area contributed by atoms with E-state index in [9.17, 15) is 4.39 Å². The molecule has 2 aromatic heterocycles. The van der Waals surface area contributed by atoms with Crippen LogP contribution in [-0.2, 0) is 13.1 Å². The third kappa shape index (κ3) is 4.02. The number of likely N-dealkylation sites (tertiary alicyclic amines) is 1. The molecule has 1 saturated heterocycles. The van der Waals surface area contributed by atoms with Gasteiger partial charge in [0.1, 0.15) is 12.0 Å². The van der Waals surface area contributed by atoms with E-state index in [0.717, 1.165) is 24.6 Å². The average molecular weight is 322 g/mol. The van der Waals surface area contributed by atoms with Gasteiger partial charge in [0, 0.05) is 43.4 Å². The van der Waals surface area contributed by atoms with E-state index >= 15 is 0 Å².